The number of hydrogen-bond acceptors (Lipinski definition) is 5. The van der Waals surface area contributed by atoms with Crippen LogP contribution in [0.4, 0.5) is 11.9 Å². The van der Waals surface area contributed by atoms with Crippen molar-refractivity contribution in [1.82, 2.24) is 15.0 Å². The molecule has 1 rings (SSSR count). The summed E-state index contributed by atoms with van der Waals surface area (Å²) >= 11 is 5.92. The van der Waals surface area contributed by atoms with Gasteiger partial charge in [0.15, 0.2) is 0 Å². The van der Waals surface area contributed by atoms with Gasteiger partial charge in [-0.25, -0.2) is 0 Å². The maximum absolute atomic E-state index is 5.92. The van der Waals surface area contributed by atoms with E-state index >= 15 is 0 Å². The predicted octanol–water partition coefficient (Wildman–Crippen LogP) is 3.97. The molecular weight excluding hydrogens is 274 g/mol. The Kier molecular flexibility index (Phi) is 7.59. The fourth-order valence-electron chi connectivity index (χ4n) is 1.86. The van der Waals surface area contributed by atoms with E-state index in [9.17, 15) is 0 Å². The summed E-state index contributed by atoms with van der Waals surface area (Å²) < 4.78 is 0. The molecular formula is C14H26ClN5. The topological polar surface area (TPSA) is 62.7 Å². The summed E-state index contributed by atoms with van der Waals surface area (Å²) in [5.74, 6) is 1.82. The molecule has 0 fully saturated rings. The summed E-state index contributed by atoms with van der Waals surface area (Å²) in [4.78, 5) is 12.5. The van der Waals surface area contributed by atoms with Crippen LogP contribution in [0.3, 0.4) is 0 Å². The Labute approximate surface area is 127 Å². The third kappa shape index (κ3) is 6.89. The molecule has 2 N–H and O–H groups in total. The Morgan fingerprint density at radius 3 is 2.40 bits per heavy atom. The average Bonchev–Trinajstić information content (AvgIpc) is 2.35. The monoisotopic (exact) mass is 299 g/mol. The molecule has 0 aliphatic rings. The lowest BCUT2D eigenvalue weighted by atomic mass is 10.0. The molecule has 0 saturated heterocycles. The van der Waals surface area contributed by atoms with E-state index < -0.39 is 0 Å². The lowest BCUT2D eigenvalue weighted by molar-refractivity contribution is 0.519. The van der Waals surface area contributed by atoms with Crippen molar-refractivity contribution in [3.63, 3.8) is 0 Å². The zero-order valence-corrected chi connectivity index (χ0v) is 13.7. The molecule has 1 unspecified atom stereocenters. The molecule has 6 heteroatoms. The summed E-state index contributed by atoms with van der Waals surface area (Å²) in [6.07, 6.45) is 4.55. The molecule has 114 valence electrons. The van der Waals surface area contributed by atoms with Crippen LogP contribution in [0, 0.1) is 5.92 Å². The van der Waals surface area contributed by atoms with Crippen molar-refractivity contribution in [3.8, 4) is 0 Å². The molecule has 0 aromatic carbocycles. The second-order valence-corrected chi connectivity index (χ2v) is 5.89. The van der Waals surface area contributed by atoms with Gasteiger partial charge in [0.2, 0.25) is 17.2 Å². The van der Waals surface area contributed by atoms with Crippen LogP contribution >= 0.6 is 11.6 Å². The smallest absolute Gasteiger partial charge is 0.229 e. The first-order chi connectivity index (χ1) is 9.51. The predicted molar refractivity (Wildman–Crippen MR) is 85.4 cm³/mol. The first-order valence-electron chi connectivity index (χ1n) is 7.43. The zero-order valence-electron chi connectivity index (χ0n) is 12.9. The fraction of sp³-hybridized carbons (Fsp3) is 0.786. The van der Waals surface area contributed by atoms with Crippen LogP contribution < -0.4 is 10.6 Å². The highest BCUT2D eigenvalue weighted by atomic mass is 35.5. The molecule has 0 bridgehead atoms. The molecule has 0 amide bonds. The number of anilines is 2. The highest BCUT2D eigenvalue weighted by Gasteiger charge is 2.08. The minimum Gasteiger partial charge on any atom is -0.354 e. The molecule has 5 nitrogen and oxygen atoms in total. The van der Waals surface area contributed by atoms with E-state index in [2.05, 4.69) is 53.3 Å². The second-order valence-electron chi connectivity index (χ2n) is 5.55. The van der Waals surface area contributed by atoms with Crippen LogP contribution in [-0.4, -0.2) is 27.5 Å². The minimum absolute atomic E-state index is 0.218. The highest BCUT2D eigenvalue weighted by molar-refractivity contribution is 6.28. The summed E-state index contributed by atoms with van der Waals surface area (Å²) in [5, 5.41) is 6.62. The van der Waals surface area contributed by atoms with Crippen LogP contribution in [0.15, 0.2) is 0 Å². The zero-order chi connectivity index (χ0) is 15.0. The van der Waals surface area contributed by atoms with Gasteiger partial charge in [0.25, 0.3) is 0 Å². The summed E-state index contributed by atoms with van der Waals surface area (Å²) in [6, 6.07) is 0.325. The third-order valence-electron chi connectivity index (χ3n) is 2.94. The van der Waals surface area contributed by atoms with E-state index in [-0.39, 0.29) is 5.28 Å². The molecule has 1 aromatic heterocycles. The van der Waals surface area contributed by atoms with Gasteiger partial charge < -0.3 is 10.6 Å². The molecule has 0 aliphatic carbocycles. The quantitative estimate of drug-likeness (QED) is 0.722. The Morgan fingerprint density at radius 2 is 1.75 bits per heavy atom. The van der Waals surface area contributed by atoms with Crippen molar-refractivity contribution in [2.45, 2.75) is 59.4 Å². The number of hydrogen-bond donors (Lipinski definition) is 2. The molecule has 0 spiro atoms. The first-order valence-corrected chi connectivity index (χ1v) is 7.81. The number of rotatable bonds is 9. The maximum Gasteiger partial charge on any atom is 0.229 e. The van der Waals surface area contributed by atoms with E-state index in [0.29, 0.717) is 17.9 Å². The van der Waals surface area contributed by atoms with Crippen molar-refractivity contribution in [3.05, 3.63) is 5.28 Å². The highest BCUT2D eigenvalue weighted by Crippen LogP contribution is 2.13. The van der Waals surface area contributed by atoms with Gasteiger partial charge in [0.05, 0.1) is 0 Å². The Bertz CT molecular complexity index is 397. The third-order valence-corrected chi connectivity index (χ3v) is 3.10. The largest absolute Gasteiger partial charge is 0.354 e. The summed E-state index contributed by atoms with van der Waals surface area (Å²) in [6.45, 7) is 9.54. The van der Waals surface area contributed by atoms with E-state index in [4.69, 9.17) is 11.6 Å². The maximum atomic E-state index is 5.92. The second kappa shape index (κ2) is 8.95. The Balaban J connectivity index is 2.51. The number of halogens is 1. The van der Waals surface area contributed by atoms with Crippen molar-refractivity contribution in [1.29, 1.82) is 0 Å². The first kappa shape index (κ1) is 17.0. The van der Waals surface area contributed by atoms with Gasteiger partial charge in [-0.05, 0) is 37.3 Å². The van der Waals surface area contributed by atoms with Crippen molar-refractivity contribution < 1.29 is 0 Å². The summed E-state index contributed by atoms with van der Waals surface area (Å²) in [5.41, 5.74) is 0. The average molecular weight is 300 g/mol. The van der Waals surface area contributed by atoms with Crippen LogP contribution in [0.5, 0.6) is 0 Å². The summed E-state index contributed by atoms with van der Waals surface area (Å²) in [7, 11) is 0. The van der Waals surface area contributed by atoms with E-state index in [1.54, 1.807) is 0 Å². The molecule has 1 atom stereocenters. The standard InChI is InChI=1S/C14H26ClN5/c1-5-9-16-13-18-12(15)19-14(20-13)17-11(4)8-6-7-10(2)3/h10-11H,5-9H2,1-4H3,(H2,16,17,18,19,20). The normalized spacial score (nSPS) is 12.5. The van der Waals surface area contributed by atoms with Gasteiger partial charge in [-0.1, -0.05) is 33.6 Å². The van der Waals surface area contributed by atoms with Gasteiger partial charge in [-0.15, -0.1) is 0 Å². The number of nitrogens with zero attached hydrogens (tertiary/aromatic N) is 3. The van der Waals surface area contributed by atoms with Gasteiger partial charge >= 0.3 is 0 Å². The molecule has 0 saturated carbocycles. The lowest BCUT2D eigenvalue weighted by Gasteiger charge is -2.15. The SMILES string of the molecule is CCCNc1nc(Cl)nc(NC(C)CCCC(C)C)n1. The van der Waals surface area contributed by atoms with Crippen LogP contribution in [-0.2, 0) is 0 Å². The number of aromatic nitrogens is 3. The molecule has 1 aromatic rings. The van der Waals surface area contributed by atoms with Crippen LogP contribution in [0.2, 0.25) is 5.28 Å². The van der Waals surface area contributed by atoms with Gasteiger partial charge in [0, 0.05) is 12.6 Å². The van der Waals surface area contributed by atoms with Gasteiger partial charge in [-0.3, -0.25) is 0 Å². The Hall–Kier alpha value is -1.10. The van der Waals surface area contributed by atoms with E-state index in [1.807, 2.05) is 0 Å². The van der Waals surface area contributed by atoms with Crippen LogP contribution in [0.25, 0.3) is 0 Å². The minimum atomic E-state index is 0.218. The fourth-order valence-corrected chi connectivity index (χ4v) is 2.02. The van der Waals surface area contributed by atoms with Crippen molar-refractivity contribution >= 4 is 23.5 Å². The van der Waals surface area contributed by atoms with E-state index in [1.165, 1.54) is 12.8 Å². The molecule has 0 radical (unpaired) electrons. The van der Waals surface area contributed by atoms with Crippen molar-refractivity contribution in [2.24, 2.45) is 5.92 Å². The van der Waals surface area contributed by atoms with Gasteiger partial charge in [-0.2, -0.15) is 15.0 Å². The molecule has 20 heavy (non-hydrogen) atoms. The van der Waals surface area contributed by atoms with E-state index in [0.717, 1.165) is 25.3 Å². The van der Waals surface area contributed by atoms with Crippen LogP contribution in [0.1, 0.15) is 53.4 Å². The Morgan fingerprint density at radius 1 is 1.05 bits per heavy atom. The number of nitrogens with one attached hydrogen (secondary N) is 2. The molecule has 1 heterocycles. The lowest BCUT2D eigenvalue weighted by Crippen LogP contribution is -2.18. The van der Waals surface area contributed by atoms with Gasteiger partial charge in [0.1, 0.15) is 0 Å². The molecule has 0 aliphatic heterocycles. The van der Waals surface area contributed by atoms with Crippen molar-refractivity contribution in [2.75, 3.05) is 17.2 Å².